The van der Waals surface area contributed by atoms with Crippen LogP contribution in [-0.2, 0) is 4.79 Å². The van der Waals surface area contributed by atoms with Gasteiger partial charge in [-0.3, -0.25) is 4.79 Å². The van der Waals surface area contributed by atoms with Crippen LogP contribution in [0.25, 0.3) is 0 Å². The molecule has 1 aliphatic heterocycles. The molecular formula is C8H15NOS. The third-order valence-corrected chi connectivity index (χ3v) is 3.39. The Morgan fingerprint density at radius 3 is 2.82 bits per heavy atom. The summed E-state index contributed by atoms with van der Waals surface area (Å²) in [4.78, 5) is 12.3. The summed E-state index contributed by atoms with van der Waals surface area (Å²) in [5.41, 5.74) is 0. The van der Waals surface area contributed by atoms with Crippen molar-refractivity contribution in [2.75, 3.05) is 18.8 Å². The number of amides is 1. The minimum Gasteiger partial charge on any atom is -0.344 e. The minimum atomic E-state index is 0.359. The molecule has 1 heterocycles. The first-order valence-electron chi connectivity index (χ1n) is 3.97. The molecule has 0 aromatic rings. The Morgan fingerprint density at radius 1 is 1.45 bits per heavy atom. The normalized spacial score (nSPS) is 24.4. The largest absolute Gasteiger partial charge is 0.344 e. The number of nitrogens with zero attached hydrogens (tertiary/aromatic N) is 1. The Balaban J connectivity index is 2.45. The van der Waals surface area contributed by atoms with Gasteiger partial charge in [0.1, 0.15) is 0 Å². The molecule has 2 nitrogen and oxygen atoms in total. The number of carbonyl (C=O) groups excluding carboxylic acids is 1. The Hall–Kier alpha value is -0.180. The average Bonchev–Trinajstić information content (AvgIpc) is 2.10. The van der Waals surface area contributed by atoms with Gasteiger partial charge in [0, 0.05) is 23.6 Å². The monoisotopic (exact) mass is 173 g/mol. The van der Waals surface area contributed by atoms with E-state index in [-0.39, 0.29) is 0 Å². The van der Waals surface area contributed by atoms with Crippen molar-refractivity contribution in [2.45, 2.75) is 25.0 Å². The van der Waals surface area contributed by atoms with Crippen LogP contribution in [0.2, 0.25) is 0 Å². The first kappa shape index (κ1) is 8.91. The molecule has 1 rings (SSSR count). The van der Waals surface area contributed by atoms with Crippen molar-refractivity contribution < 1.29 is 4.79 Å². The van der Waals surface area contributed by atoms with Gasteiger partial charge in [0.15, 0.2) is 0 Å². The molecule has 0 aliphatic carbocycles. The molecule has 3 heteroatoms. The zero-order valence-corrected chi connectivity index (χ0v) is 7.99. The van der Waals surface area contributed by atoms with Crippen molar-refractivity contribution in [1.29, 1.82) is 0 Å². The van der Waals surface area contributed by atoms with Gasteiger partial charge in [-0.05, 0) is 6.42 Å². The third kappa shape index (κ3) is 2.73. The number of carbonyl (C=O) groups is 1. The maximum atomic E-state index is 10.4. The zero-order valence-electron chi connectivity index (χ0n) is 7.17. The standard InChI is InChI=1S/C8H15NOS/c1-8(2)3-4-9(7-10)5-6-11-8/h7H,3-6H2,1-2H3. The fraction of sp³-hybridized carbons (Fsp3) is 0.875. The lowest BCUT2D eigenvalue weighted by molar-refractivity contribution is -0.117. The molecule has 0 spiro atoms. The summed E-state index contributed by atoms with van der Waals surface area (Å²) in [5, 5.41) is 0. The zero-order chi connectivity index (χ0) is 8.32. The second-order valence-corrected chi connectivity index (χ2v) is 5.30. The van der Waals surface area contributed by atoms with Gasteiger partial charge in [-0.2, -0.15) is 11.8 Å². The molecule has 0 aromatic heterocycles. The summed E-state index contributed by atoms with van der Waals surface area (Å²) in [6.07, 6.45) is 2.07. The van der Waals surface area contributed by atoms with E-state index < -0.39 is 0 Å². The maximum absolute atomic E-state index is 10.4. The van der Waals surface area contributed by atoms with E-state index in [0.29, 0.717) is 4.75 Å². The Labute approximate surface area is 72.3 Å². The van der Waals surface area contributed by atoms with E-state index in [4.69, 9.17) is 0 Å². The van der Waals surface area contributed by atoms with Crippen molar-refractivity contribution in [2.24, 2.45) is 0 Å². The van der Waals surface area contributed by atoms with Crippen molar-refractivity contribution in [1.82, 2.24) is 4.90 Å². The van der Waals surface area contributed by atoms with Gasteiger partial charge in [0.05, 0.1) is 0 Å². The van der Waals surface area contributed by atoms with Crippen LogP contribution >= 0.6 is 11.8 Å². The van der Waals surface area contributed by atoms with Crippen LogP contribution in [0.15, 0.2) is 0 Å². The summed E-state index contributed by atoms with van der Waals surface area (Å²) >= 11 is 1.96. The van der Waals surface area contributed by atoms with Crippen LogP contribution in [0.1, 0.15) is 20.3 Å². The molecule has 0 radical (unpaired) electrons. The van der Waals surface area contributed by atoms with E-state index >= 15 is 0 Å². The van der Waals surface area contributed by atoms with Crippen molar-refractivity contribution in [3.8, 4) is 0 Å². The SMILES string of the molecule is CC1(C)CCN(C=O)CCS1. The van der Waals surface area contributed by atoms with E-state index in [1.165, 1.54) is 0 Å². The highest BCUT2D eigenvalue weighted by Gasteiger charge is 2.22. The van der Waals surface area contributed by atoms with E-state index in [1.54, 1.807) is 0 Å². The molecule has 0 bridgehead atoms. The molecule has 1 saturated heterocycles. The van der Waals surface area contributed by atoms with Gasteiger partial charge < -0.3 is 4.90 Å². The highest BCUT2D eigenvalue weighted by molar-refractivity contribution is 8.00. The number of hydrogen-bond donors (Lipinski definition) is 0. The Bertz CT molecular complexity index is 147. The van der Waals surface area contributed by atoms with Gasteiger partial charge in [-0.25, -0.2) is 0 Å². The van der Waals surface area contributed by atoms with Gasteiger partial charge in [0.25, 0.3) is 0 Å². The molecule has 1 aliphatic rings. The molecule has 0 saturated carbocycles. The quantitative estimate of drug-likeness (QED) is 0.558. The minimum absolute atomic E-state index is 0.359. The predicted octanol–water partition coefficient (Wildman–Crippen LogP) is 1.36. The smallest absolute Gasteiger partial charge is 0.209 e. The fourth-order valence-corrected chi connectivity index (χ4v) is 2.26. The summed E-state index contributed by atoms with van der Waals surface area (Å²) < 4.78 is 0.359. The highest BCUT2D eigenvalue weighted by atomic mass is 32.2. The first-order chi connectivity index (χ1) is 5.14. The Morgan fingerprint density at radius 2 is 2.18 bits per heavy atom. The first-order valence-corrected chi connectivity index (χ1v) is 4.96. The van der Waals surface area contributed by atoms with Gasteiger partial charge >= 0.3 is 0 Å². The molecule has 0 aromatic carbocycles. The molecule has 0 atom stereocenters. The molecule has 1 fully saturated rings. The van der Waals surface area contributed by atoms with Gasteiger partial charge in [0.2, 0.25) is 6.41 Å². The second-order valence-electron chi connectivity index (χ2n) is 3.50. The maximum Gasteiger partial charge on any atom is 0.209 e. The second kappa shape index (κ2) is 3.48. The molecule has 0 unspecified atom stereocenters. The topological polar surface area (TPSA) is 20.3 Å². The lowest BCUT2D eigenvalue weighted by Gasteiger charge is -2.20. The van der Waals surface area contributed by atoms with Crippen LogP contribution in [-0.4, -0.2) is 34.9 Å². The van der Waals surface area contributed by atoms with Crippen molar-refractivity contribution in [3.63, 3.8) is 0 Å². The number of thioether (sulfide) groups is 1. The predicted molar refractivity (Wildman–Crippen MR) is 48.8 cm³/mol. The van der Waals surface area contributed by atoms with Crippen LogP contribution in [0, 0.1) is 0 Å². The average molecular weight is 173 g/mol. The summed E-state index contributed by atoms with van der Waals surface area (Å²) in [5.74, 6) is 1.08. The lowest BCUT2D eigenvalue weighted by Crippen LogP contribution is -2.25. The number of hydrogen-bond acceptors (Lipinski definition) is 2. The molecule has 1 amide bonds. The third-order valence-electron chi connectivity index (χ3n) is 2.02. The van der Waals surface area contributed by atoms with Crippen LogP contribution in [0.3, 0.4) is 0 Å². The molecule has 11 heavy (non-hydrogen) atoms. The van der Waals surface area contributed by atoms with Crippen molar-refractivity contribution >= 4 is 18.2 Å². The van der Waals surface area contributed by atoms with E-state index in [0.717, 1.165) is 31.7 Å². The molecular weight excluding hydrogens is 158 g/mol. The van der Waals surface area contributed by atoms with Crippen LogP contribution < -0.4 is 0 Å². The Kier molecular flexibility index (Phi) is 2.82. The molecule has 0 N–H and O–H groups in total. The summed E-state index contributed by atoms with van der Waals surface area (Å²) in [6, 6.07) is 0. The fourth-order valence-electron chi connectivity index (χ4n) is 1.14. The number of rotatable bonds is 1. The van der Waals surface area contributed by atoms with Crippen LogP contribution in [0.5, 0.6) is 0 Å². The lowest BCUT2D eigenvalue weighted by atomic mass is 10.1. The van der Waals surface area contributed by atoms with Crippen molar-refractivity contribution in [3.05, 3.63) is 0 Å². The van der Waals surface area contributed by atoms with E-state index in [2.05, 4.69) is 13.8 Å². The highest BCUT2D eigenvalue weighted by Crippen LogP contribution is 2.30. The summed E-state index contributed by atoms with van der Waals surface area (Å²) in [7, 11) is 0. The molecule has 64 valence electrons. The van der Waals surface area contributed by atoms with E-state index in [9.17, 15) is 4.79 Å². The van der Waals surface area contributed by atoms with Crippen LogP contribution in [0.4, 0.5) is 0 Å². The van der Waals surface area contributed by atoms with Gasteiger partial charge in [-0.1, -0.05) is 13.8 Å². The van der Waals surface area contributed by atoms with Gasteiger partial charge in [-0.15, -0.1) is 0 Å². The van der Waals surface area contributed by atoms with E-state index in [1.807, 2.05) is 16.7 Å². The summed E-state index contributed by atoms with van der Waals surface area (Å²) in [6.45, 7) is 6.32.